The molecule has 5 aliphatic rings. The van der Waals surface area contributed by atoms with Crippen molar-refractivity contribution in [3.8, 4) is 0 Å². The zero-order chi connectivity index (χ0) is 24.1. The van der Waals surface area contributed by atoms with Crippen molar-refractivity contribution in [1.82, 2.24) is 9.80 Å². The number of ether oxygens (including phenoxy) is 4. The summed E-state index contributed by atoms with van der Waals surface area (Å²) in [6.45, 7) is 10.9. The summed E-state index contributed by atoms with van der Waals surface area (Å²) < 4.78 is 37.6. The Hall–Kier alpha value is -1.22. The van der Waals surface area contributed by atoms with Crippen LogP contribution in [0.15, 0.2) is 11.6 Å². The van der Waals surface area contributed by atoms with Crippen molar-refractivity contribution in [2.75, 3.05) is 46.4 Å². The molecule has 0 bridgehead atoms. The largest absolute Gasteiger partial charge is 0.443 e. The van der Waals surface area contributed by atoms with Gasteiger partial charge in [-0.05, 0) is 65.3 Å². The summed E-state index contributed by atoms with van der Waals surface area (Å²) in [5.41, 5.74) is 0.743. The molecule has 1 unspecified atom stereocenters. The summed E-state index contributed by atoms with van der Waals surface area (Å²) in [6.07, 6.45) is 5.03. The van der Waals surface area contributed by atoms with Crippen LogP contribution in [0.2, 0.25) is 0 Å². The maximum Gasteiger partial charge on any atom is 0.410 e. The van der Waals surface area contributed by atoms with Gasteiger partial charge in [0, 0.05) is 33.3 Å². The predicted molar refractivity (Wildman–Crippen MR) is 125 cm³/mol. The number of methoxy groups -OCH3 is 1. The monoisotopic (exact) mass is 480 g/mol. The first-order chi connectivity index (χ1) is 16.2. The molecule has 7 atom stereocenters. The topological polar surface area (TPSA) is 67.1 Å². The van der Waals surface area contributed by atoms with Crippen LogP contribution >= 0.6 is 0 Å². The summed E-state index contributed by atoms with van der Waals surface area (Å²) in [4.78, 5) is 16.9. The quantitative estimate of drug-likeness (QED) is 0.391. The fourth-order valence-corrected chi connectivity index (χ4v) is 6.53. The first-order valence-electron chi connectivity index (χ1n) is 13.0. The lowest BCUT2D eigenvalue weighted by Crippen LogP contribution is -2.57. The van der Waals surface area contributed by atoms with E-state index in [-0.39, 0.29) is 41.5 Å². The van der Waals surface area contributed by atoms with Gasteiger partial charge in [0.25, 0.3) is 0 Å². The molecule has 34 heavy (non-hydrogen) atoms. The normalized spacial score (nSPS) is 41.9. The van der Waals surface area contributed by atoms with E-state index < -0.39 is 6.17 Å². The lowest BCUT2D eigenvalue weighted by molar-refractivity contribution is -0.124. The Morgan fingerprint density at radius 3 is 2.62 bits per heavy atom. The molecular weight excluding hydrogens is 439 g/mol. The summed E-state index contributed by atoms with van der Waals surface area (Å²) in [6, 6.07) is 0. The molecule has 7 nitrogen and oxygen atoms in total. The molecular formula is C26H41FN2O5. The molecule has 0 aromatic rings. The highest BCUT2D eigenvalue weighted by molar-refractivity contribution is 5.69. The Labute approximate surface area is 202 Å². The van der Waals surface area contributed by atoms with Crippen LogP contribution in [0.4, 0.5) is 9.18 Å². The van der Waals surface area contributed by atoms with E-state index >= 15 is 0 Å². The third-order valence-electron chi connectivity index (χ3n) is 8.77. The van der Waals surface area contributed by atoms with E-state index in [0.717, 1.165) is 58.5 Å². The molecule has 4 aliphatic heterocycles. The Bertz CT molecular complexity index is 794. The Morgan fingerprint density at radius 2 is 2.00 bits per heavy atom. The minimum Gasteiger partial charge on any atom is -0.443 e. The third kappa shape index (κ3) is 4.75. The number of epoxide rings is 2. The van der Waals surface area contributed by atoms with E-state index in [9.17, 15) is 9.18 Å². The molecule has 0 aromatic carbocycles. The molecule has 8 heteroatoms. The molecule has 0 aromatic heterocycles. The number of allylic oxidation sites excluding steroid dienone is 1. The zero-order valence-corrected chi connectivity index (χ0v) is 21.1. The van der Waals surface area contributed by atoms with Crippen molar-refractivity contribution in [3.05, 3.63) is 11.6 Å². The molecule has 1 aliphatic carbocycles. The predicted octanol–water partition coefficient (Wildman–Crippen LogP) is 3.57. The number of halogens is 1. The van der Waals surface area contributed by atoms with Crippen LogP contribution in [0.5, 0.6) is 0 Å². The Balaban J connectivity index is 1.14. The van der Waals surface area contributed by atoms with Gasteiger partial charge in [0.15, 0.2) is 0 Å². The summed E-state index contributed by atoms with van der Waals surface area (Å²) in [7, 11) is 1.71. The van der Waals surface area contributed by atoms with Gasteiger partial charge in [0.1, 0.15) is 29.6 Å². The molecule has 1 amide bonds. The lowest BCUT2D eigenvalue weighted by atomic mass is 9.68. The van der Waals surface area contributed by atoms with Gasteiger partial charge in [-0.3, -0.25) is 0 Å². The van der Waals surface area contributed by atoms with E-state index in [1.54, 1.807) is 12.0 Å². The van der Waals surface area contributed by atoms with Crippen molar-refractivity contribution >= 4 is 6.09 Å². The number of nitrogens with zero attached hydrogens (tertiary/aromatic N) is 2. The van der Waals surface area contributed by atoms with E-state index in [4.69, 9.17) is 18.9 Å². The second kappa shape index (κ2) is 9.34. The second-order valence-electron chi connectivity index (χ2n) is 11.5. The fraction of sp³-hybridized carbons (Fsp3) is 0.885. The highest BCUT2D eigenvalue weighted by Gasteiger charge is 2.72. The van der Waals surface area contributed by atoms with Gasteiger partial charge >= 0.3 is 6.09 Å². The van der Waals surface area contributed by atoms with E-state index in [0.29, 0.717) is 18.9 Å². The number of hydrogen-bond acceptors (Lipinski definition) is 6. The first kappa shape index (κ1) is 24.5. The minimum absolute atomic E-state index is 0.0380. The minimum atomic E-state index is -0.674. The van der Waals surface area contributed by atoms with E-state index in [1.807, 2.05) is 0 Å². The number of likely N-dealkylation sites (tertiary alicyclic amines) is 2. The summed E-state index contributed by atoms with van der Waals surface area (Å²) in [5, 5.41) is 0. The number of rotatable bonds is 8. The number of alkyl halides is 1. The van der Waals surface area contributed by atoms with Gasteiger partial charge in [0.2, 0.25) is 0 Å². The van der Waals surface area contributed by atoms with Crippen molar-refractivity contribution in [2.24, 2.45) is 11.8 Å². The van der Waals surface area contributed by atoms with Crippen molar-refractivity contribution in [3.63, 3.8) is 0 Å². The maximum absolute atomic E-state index is 13.4. The summed E-state index contributed by atoms with van der Waals surface area (Å²) >= 11 is 0. The number of carbonyl (C=O) groups excluding carboxylic acids is 1. The van der Waals surface area contributed by atoms with Gasteiger partial charge in [-0.2, -0.15) is 0 Å². The third-order valence-corrected chi connectivity index (χ3v) is 8.77. The van der Waals surface area contributed by atoms with Gasteiger partial charge in [-0.15, -0.1) is 0 Å². The highest BCUT2D eigenvalue weighted by atomic mass is 19.1. The molecule has 1 saturated carbocycles. The smallest absolute Gasteiger partial charge is 0.410 e. The molecule has 0 N–H and O–H groups in total. The Morgan fingerprint density at radius 1 is 1.24 bits per heavy atom. The van der Waals surface area contributed by atoms with Crippen LogP contribution in [0.25, 0.3) is 0 Å². The van der Waals surface area contributed by atoms with Crippen LogP contribution in [0.3, 0.4) is 0 Å². The van der Waals surface area contributed by atoms with Crippen molar-refractivity contribution in [2.45, 2.75) is 88.6 Å². The van der Waals surface area contributed by atoms with Gasteiger partial charge < -0.3 is 28.7 Å². The number of carbonyl (C=O) groups is 1. The first-order valence-corrected chi connectivity index (χ1v) is 13.0. The van der Waals surface area contributed by atoms with Crippen LogP contribution in [0.1, 0.15) is 52.9 Å². The van der Waals surface area contributed by atoms with Gasteiger partial charge in [-0.1, -0.05) is 11.6 Å². The highest BCUT2D eigenvalue weighted by Crippen LogP contribution is 2.59. The molecule has 1 spiro atoms. The van der Waals surface area contributed by atoms with Gasteiger partial charge in [0.05, 0.1) is 18.6 Å². The fourth-order valence-electron chi connectivity index (χ4n) is 6.53. The van der Waals surface area contributed by atoms with Crippen LogP contribution in [-0.4, -0.2) is 98.0 Å². The SMILES string of the molecule is CO[C@H]1C([C@@]2(C)O[C@@H]2CC=C(C)C)[C@]2(CC[C@H]1OC(=O)N1CC(CCN3CC[C@@H](F)C3)C1)CO2. The molecule has 192 valence electrons. The number of amides is 1. The van der Waals surface area contributed by atoms with E-state index in [2.05, 4.69) is 31.7 Å². The maximum atomic E-state index is 13.4. The van der Waals surface area contributed by atoms with Gasteiger partial charge in [-0.25, -0.2) is 9.18 Å². The Kier molecular flexibility index (Phi) is 6.72. The van der Waals surface area contributed by atoms with E-state index in [1.165, 1.54) is 5.57 Å². The molecule has 4 saturated heterocycles. The van der Waals surface area contributed by atoms with Crippen LogP contribution in [-0.2, 0) is 18.9 Å². The molecule has 4 heterocycles. The molecule has 5 rings (SSSR count). The average molecular weight is 481 g/mol. The molecule has 5 fully saturated rings. The van der Waals surface area contributed by atoms with Crippen molar-refractivity contribution < 1.29 is 28.1 Å². The lowest BCUT2D eigenvalue weighted by Gasteiger charge is -2.44. The standard InChI is InChI=1S/C26H41FN2O5/c1-17(2)5-6-21-25(3,34-21)23-22(31-4)20(7-10-26(23)16-32-26)33-24(30)29-13-18(14-29)8-11-28-12-9-19(27)15-28/h5,18-23H,6-16H2,1-4H3/t19-,20-,21-,22-,23?,25+,26+/m1/s1. The summed E-state index contributed by atoms with van der Waals surface area (Å²) in [5.74, 6) is 0.511. The van der Waals surface area contributed by atoms with Crippen LogP contribution in [0, 0.1) is 11.8 Å². The second-order valence-corrected chi connectivity index (χ2v) is 11.5. The van der Waals surface area contributed by atoms with Crippen molar-refractivity contribution in [1.29, 1.82) is 0 Å². The van der Waals surface area contributed by atoms with Crippen LogP contribution < -0.4 is 0 Å². The average Bonchev–Trinajstić information content (AvgIpc) is 3.63. The number of hydrogen-bond donors (Lipinski definition) is 0. The molecule has 0 radical (unpaired) electrons. The zero-order valence-electron chi connectivity index (χ0n) is 21.1.